The van der Waals surface area contributed by atoms with Crippen molar-refractivity contribution in [3.05, 3.63) is 29.8 Å². The highest BCUT2D eigenvalue weighted by Gasteiger charge is 2.41. The molecule has 2 atom stereocenters. The van der Waals surface area contributed by atoms with Crippen LogP contribution in [0.5, 0.6) is 0 Å². The van der Waals surface area contributed by atoms with Crippen molar-refractivity contribution < 1.29 is 14.4 Å². The molecule has 2 fully saturated rings. The van der Waals surface area contributed by atoms with E-state index < -0.39 is 0 Å². The molecule has 0 radical (unpaired) electrons. The number of urea groups is 1. The predicted molar refractivity (Wildman–Crippen MR) is 108 cm³/mol. The Morgan fingerprint density at radius 2 is 1.78 bits per heavy atom. The normalized spacial score (nSPS) is 23.4. The molecule has 0 aromatic heterocycles. The molecule has 1 saturated heterocycles. The van der Waals surface area contributed by atoms with Gasteiger partial charge in [-0.1, -0.05) is 57.5 Å². The second-order valence-corrected chi connectivity index (χ2v) is 9.13. The van der Waals surface area contributed by atoms with Crippen LogP contribution in [0, 0.1) is 0 Å². The van der Waals surface area contributed by atoms with Gasteiger partial charge in [-0.15, -0.1) is 0 Å². The van der Waals surface area contributed by atoms with Crippen molar-refractivity contribution in [2.75, 3.05) is 11.1 Å². The summed E-state index contributed by atoms with van der Waals surface area (Å²) in [7, 11) is 0. The van der Waals surface area contributed by atoms with Gasteiger partial charge in [0.25, 0.3) is 5.24 Å². The van der Waals surface area contributed by atoms with Crippen molar-refractivity contribution >= 4 is 34.6 Å². The summed E-state index contributed by atoms with van der Waals surface area (Å²) in [5.41, 5.74) is 1.98. The van der Waals surface area contributed by atoms with Crippen LogP contribution in [0.15, 0.2) is 24.3 Å². The molecule has 2 N–H and O–H groups in total. The third kappa shape index (κ3) is 4.64. The summed E-state index contributed by atoms with van der Waals surface area (Å²) in [5, 5.41) is 5.64. The highest BCUT2D eigenvalue weighted by Crippen LogP contribution is 2.30. The molecule has 146 valence electrons. The van der Waals surface area contributed by atoms with E-state index in [0.717, 1.165) is 43.1 Å². The molecule has 2 unspecified atom stereocenters. The average molecular weight is 390 g/mol. The minimum absolute atomic E-state index is 0.0585. The Morgan fingerprint density at radius 1 is 1.11 bits per heavy atom. The summed E-state index contributed by atoms with van der Waals surface area (Å²) in [6.45, 7) is 6.43. The number of imide groups is 1. The number of carbonyl (C=O) groups is 3. The van der Waals surface area contributed by atoms with Crippen LogP contribution in [-0.4, -0.2) is 39.9 Å². The Balaban J connectivity index is 1.63. The van der Waals surface area contributed by atoms with Crippen LogP contribution in [0.3, 0.4) is 0 Å². The molecular formula is C20H27N3O3S. The van der Waals surface area contributed by atoms with Gasteiger partial charge in [0.15, 0.2) is 0 Å². The zero-order valence-electron chi connectivity index (χ0n) is 16.1. The van der Waals surface area contributed by atoms with E-state index in [4.69, 9.17) is 0 Å². The van der Waals surface area contributed by atoms with Crippen LogP contribution in [0.4, 0.5) is 15.3 Å². The first-order valence-corrected chi connectivity index (χ1v) is 10.4. The maximum Gasteiger partial charge on any atom is 0.319 e. The summed E-state index contributed by atoms with van der Waals surface area (Å²) in [5.74, 6) is 0.0517. The Bertz CT molecular complexity index is 711. The molecule has 6 nitrogen and oxygen atoms in total. The number of benzene rings is 1. The number of amides is 4. The second-order valence-electron chi connectivity index (χ2n) is 8.20. The van der Waals surface area contributed by atoms with Gasteiger partial charge in [-0.05, 0) is 36.0 Å². The summed E-state index contributed by atoms with van der Waals surface area (Å²) in [6, 6.07) is 7.05. The van der Waals surface area contributed by atoms with E-state index in [0.29, 0.717) is 0 Å². The Kier molecular flexibility index (Phi) is 5.79. The fourth-order valence-electron chi connectivity index (χ4n) is 3.66. The van der Waals surface area contributed by atoms with E-state index in [-0.39, 0.29) is 40.4 Å². The van der Waals surface area contributed by atoms with Crippen LogP contribution in [0.1, 0.15) is 52.0 Å². The van der Waals surface area contributed by atoms with Gasteiger partial charge in [0, 0.05) is 5.69 Å². The van der Waals surface area contributed by atoms with E-state index in [1.165, 1.54) is 10.5 Å². The number of anilines is 1. The van der Waals surface area contributed by atoms with Crippen molar-refractivity contribution in [2.45, 2.75) is 64.0 Å². The van der Waals surface area contributed by atoms with Crippen molar-refractivity contribution in [3.8, 4) is 0 Å². The third-order valence-corrected chi connectivity index (χ3v) is 6.01. The third-order valence-electron chi connectivity index (χ3n) is 5.17. The molecule has 1 aromatic rings. The molecule has 1 heterocycles. The zero-order chi connectivity index (χ0) is 19.6. The molecule has 0 spiro atoms. The summed E-state index contributed by atoms with van der Waals surface area (Å²) < 4.78 is 0. The number of hydrogen-bond donors (Lipinski definition) is 2. The van der Waals surface area contributed by atoms with Gasteiger partial charge >= 0.3 is 6.03 Å². The predicted octanol–water partition coefficient (Wildman–Crippen LogP) is 4.11. The Morgan fingerprint density at radius 3 is 2.37 bits per heavy atom. The van der Waals surface area contributed by atoms with E-state index in [1.54, 1.807) is 0 Å². The zero-order valence-corrected chi connectivity index (χ0v) is 16.9. The molecule has 2 aliphatic rings. The molecule has 1 aromatic carbocycles. The minimum Gasteiger partial charge on any atom is -0.333 e. The number of carbonyl (C=O) groups excluding carboxylic acids is 3. The summed E-state index contributed by atoms with van der Waals surface area (Å²) >= 11 is 1.04. The van der Waals surface area contributed by atoms with E-state index in [2.05, 4.69) is 31.4 Å². The molecule has 7 heteroatoms. The first kappa shape index (κ1) is 19.7. The standard InChI is InChI=1S/C20H27N3O3S/c1-20(2,3)13-8-10-14(11-9-13)21-18(25)22-15-6-4-5-7-16(15)23-17(24)12-27-19(23)26/h8-11,15-16H,4-7,12H2,1-3H3,(H2,21,22,25). The number of nitrogens with zero attached hydrogens (tertiary/aromatic N) is 1. The molecule has 4 amide bonds. The molecule has 1 saturated carbocycles. The number of thioether (sulfide) groups is 1. The van der Waals surface area contributed by atoms with Crippen LogP contribution in [0.25, 0.3) is 0 Å². The summed E-state index contributed by atoms with van der Waals surface area (Å²) in [4.78, 5) is 38.0. The van der Waals surface area contributed by atoms with Crippen LogP contribution >= 0.6 is 11.8 Å². The maximum atomic E-state index is 12.5. The van der Waals surface area contributed by atoms with Gasteiger partial charge < -0.3 is 10.6 Å². The van der Waals surface area contributed by atoms with Gasteiger partial charge in [0.05, 0.1) is 17.8 Å². The Hall–Kier alpha value is -2.02. The van der Waals surface area contributed by atoms with Crippen molar-refractivity contribution in [1.29, 1.82) is 0 Å². The molecular weight excluding hydrogens is 362 g/mol. The van der Waals surface area contributed by atoms with E-state index in [1.807, 2.05) is 24.3 Å². The van der Waals surface area contributed by atoms with Gasteiger partial charge in [-0.2, -0.15) is 0 Å². The van der Waals surface area contributed by atoms with Gasteiger partial charge in [0.1, 0.15) is 0 Å². The number of hydrogen-bond acceptors (Lipinski definition) is 4. The largest absolute Gasteiger partial charge is 0.333 e. The number of rotatable bonds is 3. The highest BCUT2D eigenvalue weighted by molar-refractivity contribution is 8.14. The quantitative estimate of drug-likeness (QED) is 0.815. The SMILES string of the molecule is CC(C)(C)c1ccc(NC(=O)NC2CCCCC2N2C(=O)CSC2=O)cc1. The first-order valence-electron chi connectivity index (χ1n) is 9.42. The topological polar surface area (TPSA) is 78.5 Å². The van der Waals surface area contributed by atoms with E-state index in [9.17, 15) is 14.4 Å². The molecule has 0 bridgehead atoms. The first-order chi connectivity index (χ1) is 12.8. The smallest absolute Gasteiger partial charge is 0.319 e. The van der Waals surface area contributed by atoms with Gasteiger partial charge in [0.2, 0.25) is 5.91 Å². The summed E-state index contributed by atoms with van der Waals surface area (Å²) in [6.07, 6.45) is 3.44. The van der Waals surface area contributed by atoms with Gasteiger partial charge in [-0.25, -0.2) is 4.79 Å². The fraction of sp³-hybridized carbons (Fsp3) is 0.550. The lowest BCUT2D eigenvalue weighted by Crippen LogP contribution is -2.55. The Labute approximate surface area is 164 Å². The lowest BCUT2D eigenvalue weighted by molar-refractivity contribution is -0.127. The molecule has 1 aliphatic heterocycles. The minimum atomic E-state index is -0.304. The lowest BCUT2D eigenvalue weighted by atomic mass is 9.87. The average Bonchev–Trinajstić information content (AvgIpc) is 2.94. The second kappa shape index (κ2) is 7.92. The fourth-order valence-corrected chi connectivity index (χ4v) is 4.42. The monoisotopic (exact) mass is 389 g/mol. The maximum absolute atomic E-state index is 12.5. The highest BCUT2D eigenvalue weighted by atomic mass is 32.2. The van der Waals surface area contributed by atoms with Crippen molar-refractivity contribution in [2.24, 2.45) is 0 Å². The van der Waals surface area contributed by atoms with Crippen LogP contribution in [-0.2, 0) is 10.2 Å². The van der Waals surface area contributed by atoms with Crippen molar-refractivity contribution in [3.63, 3.8) is 0 Å². The molecule has 1 aliphatic carbocycles. The van der Waals surface area contributed by atoms with Crippen LogP contribution in [0.2, 0.25) is 0 Å². The molecule has 27 heavy (non-hydrogen) atoms. The van der Waals surface area contributed by atoms with E-state index >= 15 is 0 Å². The van der Waals surface area contributed by atoms with Crippen molar-refractivity contribution in [1.82, 2.24) is 10.2 Å². The van der Waals surface area contributed by atoms with Gasteiger partial charge in [-0.3, -0.25) is 14.5 Å². The lowest BCUT2D eigenvalue weighted by Gasteiger charge is -2.36. The van der Waals surface area contributed by atoms with Crippen LogP contribution < -0.4 is 10.6 Å². The number of nitrogens with one attached hydrogen (secondary N) is 2. The molecule has 3 rings (SSSR count).